The smallest absolute Gasteiger partial charge is 0.224 e. The van der Waals surface area contributed by atoms with Crippen molar-refractivity contribution >= 4 is 11.6 Å². The van der Waals surface area contributed by atoms with Gasteiger partial charge in [-0.1, -0.05) is 12.1 Å². The third kappa shape index (κ3) is 5.83. The minimum atomic E-state index is -0.365. The first-order valence-electron chi connectivity index (χ1n) is 6.68. The maximum atomic E-state index is 11.8. The molecule has 5 nitrogen and oxygen atoms in total. The Morgan fingerprint density at radius 1 is 1.50 bits per heavy atom. The van der Waals surface area contributed by atoms with E-state index in [1.165, 1.54) is 0 Å². The number of aliphatic hydroxyl groups is 1. The van der Waals surface area contributed by atoms with Gasteiger partial charge < -0.3 is 15.3 Å². The van der Waals surface area contributed by atoms with E-state index in [0.29, 0.717) is 30.6 Å². The highest BCUT2D eigenvalue weighted by Crippen LogP contribution is 2.13. The summed E-state index contributed by atoms with van der Waals surface area (Å²) >= 11 is 0. The van der Waals surface area contributed by atoms with Gasteiger partial charge in [-0.05, 0) is 39.1 Å². The summed E-state index contributed by atoms with van der Waals surface area (Å²) in [5, 5.41) is 20.9. The second-order valence-electron chi connectivity index (χ2n) is 4.92. The quantitative estimate of drug-likeness (QED) is 0.792. The van der Waals surface area contributed by atoms with Crippen molar-refractivity contribution in [3.05, 3.63) is 29.8 Å². The van der Waals surface area contributed by atoms with Crippen LogP contribution in [0.5, 0.6) is 0 Å². The molecule has 0 saturated heterocycles. The number of anilines is 1. The van der Waals surface area contributed by atoms with Gasteiger partial charge in [0.15, 0.2) is 0 Å². The number of nitriles is 1. The van der Waals surface area contributed by atoms with Crippen LogP contribution < -0.4 is 5.32 Å². The molecule has 0 spiro atoms. The molecule has 5 heteroatoms. The molecule has 1 amide bonds. The van der Waals surface area contributed by atoms with E-state index < -0.39 is 0 Å². The van der Waals surface area contributed by atoms with Gasteiger partial charge in [0, 0.05) is 13.0 Å². The van der Waals surface area contributed by atoms with Gasteiger partial charge in [0.2, 0.25) is 5.91 Å². The van der Waals surface area contributed by atoms with Crippen LogP contribution in [0.25, 0.3) is 0 Å². The molecular weight excluding hydrogens is 254 g/mol. The summed E-state index contributed by atoms with van der Waals surface area (Å²) in [7, 11) is 1.91. The van der Waals surface area contributed by atoms with Crippen LogP contribution in [0.4, 0.5) is 5.69 Å². The molecule has 0 fully saturated rings. The normalized spacial score (nSPS) is 11.9. The summed E-state index contributed by atoms with van der Waals surface area (Å²) in [6.45, 7) is 3.08. The Bertz CT molecular complexity index is 480. The zero-order valence-electron chi connectivity index (χ0n) is 12.0. The van der Waals surface area contributed by atoms with Gasteiger partial charge in [0.1, 0.15) is 6.07 Å². The molecule has 0 saturated carbocycles. The summed E-state index contributed by atoms with van der Waals surface area (Å²) in [6.07, 6.45) is 0.740. The molecule has 0 aliphatic heterocycles. The van der Waals surface area contributed by atoms with Gasteiger partial charge in [-0.25, -0.2) is 0 Å². The number of carbonyl (C=O) groups is 1. The van der Waals surface area contributed by atoms with E-state index in [9.17, 15) is 9.90 Å². The van der Waals surface area contributed by atoms with Crippen molar-refractivity contribution in [2.75, 3.05) is 25.5 Å². The predicted octanol–water partition coefficient (Wildman–Crippen LogP) is 1.59. The fourth-order valence-electron chi connectivity index (χ4n) is 1.95. The van der Waals surface area contributed by atoms with E-state index >= 15 is 0 Å². The van der Waals surface area contributed by atoms with Crippen LogP contribution in [0, 0.1) is 11.3 Å². The minimum Gasteiger partial charge on any atom is -0.392 e. The lowest BCUT2D eigenvalue weighted by atomic mass is 10.2. The second-order valence-corrected chi connectivity index (χ2v) is 4.92. The van der Waals surface area contributed by atoms with Crippen LogP contribution in [-0.4, -0.2) is 42.2 Å². The highest BCUT2D eigenvalue weighted by Gasteiger charge is 2.07. The molecule has 0 aliphatic rings. The molecule has 1 aromatic carbocycles. The van der Waals surface area contributed by atoms with Crippen LogP contribution >= 0.6 is 0 Å². The maximum Gasteiger partial charge on any atom is 0.224 e. The van der Waals surface area contributed by atoms with Crippen molar-refractivity contribution in [3.63, 3.8) is 0 Å². The van der Waals surface area contributed by atoms with E-state index in [-0.39, 0.29) is 12.0 Å². The number of nitrogens with zero attached hydrogens (tertiary/aromatic N) is 2. The van der Waals surface area contributed by atoms with E-state index in [0.717, 1.165) is 6.54 Å². The lowest BCUT2D eigenvalue weighted by Crippen LogP contribution is -2.28. The van der Waals surface area contributed by atoms with Crippen molar-refractivity contribution in [1.82, 2.24) is 4.90 Å². The summed E-state index contributed by atoms with van der Waals surface area (Å²) in [5.74, 6) is -0.0989. The second kappa shape index (κ2) is 8.31. The number of carbonyl (C=O) groups excluding carboxylic acids is 1. The maximum absolute atomic E-state index is 11.8. The standard InChI is InChI=1S/C15H21N3O2/c1-12(19)11-18(2)9-5-8-15(20)17-14-7-4-3-6-13(14)10-16/h3-4,6-7,12,19H,5,8-9,11H2,1-2H3,(H,17,20). The summed E-state index contributed by atoms with van der Waals surface area (Å²) < 4.78 is 0. The Balaban J connectivity index is 2.36. The summed E-state index contributed by atoms with van der Waals surface area (Å²) in [6, 6.07) is 8.98. The molecule has 1 rings (SSSR count). The predicted molar refractivity (Wildman–Crippen MR) is 78.2 cm³/mol. The third-order valence-electron chi connectivity index (χ3n) is 2.84. The Hall–Kier alpha value is -1.90. The van der Waals surface area contributed by atoms with E-state index in [1.54, 1.807) is 31.2 Å². The molecule has 1 unspecified atom stereocenters. The van der Waals surface area contributed by atoms with Crippen LogP contribution in [0.15, 0.2) is 24.3 Å². The lowest BCUT2D eigenvalue weighted by Gasteiger charge is -2.17. The SMILES string of the molecule is CC(O)CN(C)CCCC(=O)Nc1ccccc1C#N. The average molecular weight is 275 g/mol. The van der Waals surface area contributed by atoms with Crippen LogP contribution in [0.2, 0.25) is 0 Å². The average Bonchev–Trinajstić information content (AvgIpc) is 2.38. The molecule has 0 aromatic heterocycles. The molecule has 20 heavy (non-hydrogen) atoms. The Kier molecular flexibility index (Phi) is 6.71. The molecule has 0 radical (unpaired) electrons. The van der Waals surface area contributed by atoms with Crippen LogP contribution in [0.3, 0.4) is 0 Å². The first-order valence-corrected chi connectivity index (χ1v) is 6.68. The Morgan fingerprint density at radius 2 is 2.20 bits per heavy atom. The number of hydrogen-bond acceptors (Lipinski definition) is 4. The van der Waals surface area contributed by atoms with Crippen LogP contribution in [-0.2, 0) is 4.79 Å². The monoisotopic (exact) mass is 275 g/mol. The highest BCUT2D eigenvalue weighted by molar-refractivity contribution is 5.92. The van der Waals surface area contributed by atoms with Crippen molar-refractivity contribution in [1.29, 1.82) is 5.26 Å². The van der Waals surface area contributed by atoms with Crippen LogP contribution in [0.1, 0.15) is 25.3 Å². The number of rotatable bonds is 7. The Morgan fingerprint density at radius 3 is 2.85 bits per heavy atom. The lowest BCUT2D eigenvalue weighted by molar-refractivity contribution is -0.116. The zero-order valence-corrected chi connectivity index (χ0v) is 12.0. The first kappa shape index (κ1) is 16.2. The molecule has 108 valence electrons. The summed E-state index contributed by atoms with van der Waals surface area (Å²) in [4.78, 5) is 13.8. The van der Waals surface area contributed by atoms with Crippen molar-refractivity contribution in [2.45, 2.75) is 25.9 Å². The first-order chi connectivity index (χ1) is 9.52. The van der Waals surface area contributed by atoms with Crippen molar-refractivity contribution in [3.8, 4) is 6.07 Å². The molecule has 1 atom stereocenters. The molecule has 2 N–H and O–H groups in total. The fourth-order valence-corrected chi connectivity index (χ4v) is 1.95. The topological polar surface area (TPSA) is 76.4 Å². The fraction of sp³-hybridized carbons (Fsp3) is 0.467. The van der Waals surface area contributed by atoms with E-state index in [4.69, 9.17) is 5.26 Å². The molecule has 0 heterocycles. The summed E-state index contributed by atoms with van der Waals surface area (Å²) in [5.41, 5.74) is 1.02. The minimum absolute atomic E-state index is 0.0989. The third-order valence-corrected chi connectivity index (χ3v) is 2.84. The molecule has 1 aromatic rings. The number of hydrogen-bond donors (Lipinski definition) is 2. The van der Waals surface area contributed by atoms with E-state index in [1.807, 2.05) is 18.0 Å². The largest absolute Gasteiger partial charge is 0.392 e. The van der Waals surface area contributed by atoms with Crippen molar-refractivity contribution in [2.24, 2.45) is 0 Å². The number of para-hydroxylation sites is 1. The molecule has 0 bridgehead atoms. The van der Waals surface area contributed by atoms with Crippen molar-refractivity contribution < 1.29 is 9.90 Å². The number of amides is 1. The highest BCUT2D eigenvalue weighted by atomic mass is 16.3. The number of benzene rings is 1. The number of nitrogens with one attached hydrogen (secondary N) is 1. The van der Waals surface area contributed by atoms with Gasteiger partial charge in [-0.2, -0.15) is 5.26 Å². The molecule has 0 aliphatic carbocycles. The van der Waals surface area contributed by atoms with Gasteiger partial charge in [-0.3, -0.25) is 4.79 Å². The zero-order chi connectivity index (χ0) is 15.0. The van der Waals surface area contributed by atoms with Gasteiger partial charge in [-0.15, -0.1) is 0 Å². The molecular formula is C15H21N3O2. The Labute approximate surface area is 119 Å². The van der Waals surface area contributed by atoms with Gasteiger partial charge >= 0.3 is 0 Å². The van der Waals surface area contributed by atoms with E-state index in [2.05, 4.69) is 5.32 Å². The van der Waals surface area contributed by atoms with Gasteiger partial charge in [0.05, 0.1) is 17.4 Å². The number of aliphatic hydroxyl groups excluding tert-OH is 1. The van der Waals surface area contributed by atoms with Gasteiger partial charge in [0.25, 0.3) is 0 Å². The number of likely N-dealkylation sites (N-methyl/N-ethyl adjacent to an activating group) is 1.